The third-order valence-corrected chi connectivity index (χ3v) is 6.58. The zero-order valence-electron chi connectivity index (χ0n) is 12.5. The largest absolute Gasteiger partial charge is 0.398 e. The van der Waals surface area contributed by atoms with Gasteiger partial charge >= 0.3 is 0 Å². The molecule has 1 fully saturated rings. The van der Waals surface area contributed by atoms with E-state index in [1.807, 2.05) is 6.92 Å². The maximum Gasteiger partial charge on any atom is 0.243 e. The van der Waals surface area contributed by atoms with Crippen LogP contribution in [0.2, 0.25) is 0 Å². The van der Waals surface area contributed by atoms with Gasteiger partial charge in [0.1, 0.15) is 0 Å². The van der Waals surface area contributed by atoms with Gasteiger partial charge in [0.2, 0.25) is 10.0 Å². The van der Waals surface area contributed by atoms with Crippen LogP contribution in [0.5, 0.6) is 0 Å². The number of nitrogens with two attached hydrogens (primary N) is 1. The van der Waals surface area contributed by atoms with Gasteiger partial charge in [0.05, 0.1) is 4.90 Å². The van der Waals surface area contributed by atoms with Crippen LogP contribution in [0.25, 0.3) is 0 Å². The molecular formula is C15H24N2O2S. The summed E-state index contributed by atoms with van der Waals surface area (Å²) in [4.78, 5) is 0.396. The molecule has 20 heavy (non-hydrogen) atoms. The van der Waals surface area contributed by atoms with E-state index in [0.29, 0.717) is 35.2 Å². The molecule has 1 saturated heterocycles. The number of rotatable bonds is 3. The zero-order valence-corrected chi connectivity index (χ0v) is 13.3. The highest BCUT2D eigenvalue weighted by Gasteiger charge is 2.31. The average Bonchev–Trinajstić information content (AvgIpc) is 2.43. The van der Waals surface area contributed by atoms with Crippen molar-refractivity contribution >= 4 is 15.7 Å². The van der Waals surface area contributed by atoms with Crippen molar-refractivity contribution in [3.05, 3.63) is 23.3 Å². The highest BCUT2D eigenvalue weighted by atomic mass is 32.2. The predicted octanol–water partition coefficient (Wildman–Crippen LogP) is 2.70. The van der Waals surface area contributed by atoms with Crippen molar-refractivity contribution in [3.63, 3.8) is 0 Å². The lowest BCUT2D eigenvalue weighted by atomic mass is 9.96. The van der Waals surface area contributed by atoms with Crippen molar-refractivity contribution in [1.82, 2.24) is 4.31 Å². The molecule has 1 aromatic carbocycles. The fourth-order valence-electron chi connectivity index (χ4n) is 2.93. The van der Waals surface area contributed by atoms with Crippen molar-refractivity contribution < 1.29 is 8.42 Å². The monoisotopic (exact) mass is 296 g/mol. The van der Waals surface area contributed by atoms with Gasteiger partial charge in [-0.15, -0.1) is 0 Å². The number of sulfonamides is 1. The first-order valence-electron chi connectivity index (χ1n) is 7.23. The molecule has 1 aromatic rings. The fourth-order valence-corrected chi connectivity index (χ4v) is 4.86. The SMILES string of the molecule is CCC1CCN(S(=O)(=O)c2c(C)ccc(N)c2C)CC1. The number of aryl methyl sites for hydroxylation is 1. The van der Waals surface area contributed by atoms with Gasteiger partial charge in [-0.2, -0.15) is 4.31 Å². The number of hydrogen-bond donors (Lipinski definition) is 1. The molecule has 0 radical (unpaired) electrons. The first-order chi connectivity index (χ1) is 9.37. The number of hydrogen-bond acceptors (Lipinski definition) is 3. The summed E-state index contributed by atoms with van der Waals surface area (Å²) in [6.45, 7) is 7.02. The summed E-state index contributed by atoms with van der Waals surface area (Å²) in [5.41, 5.74) is 7.86. The molecule has 1 aliphatic heterocycles. The molecule has 0 amide bonds. The van der Waals surface area contributed by atoms with E-state index in [1.165, 1.54) is 0 Å². The summed E-state index contributed by atoms with van der Waals surface area (Å²) in [7, 11) is -3.42. The third-order valence-electron chi connectivity index (χ3n) is 4.39. The maximum atomic E-state index is 12.8. The zero-order chi connectivity index (χ0) is 14.9. The first-order valence-corrected chi connectivity index (χ1v) is 8.67. The van der Waals surface area contributed by atoms with Gasteiger partial charge in [0, 0.05) is 18.8 Å². The molecule has 1 heterocycles. The van der Waals surface area contributed by atoms with Gasteiger partial charge in [-0.25, -0.2) is 8.42 Å². The Balaban J connectivity index is 2.35. The molecule has 2 N–H and O–H groups in total. The molecule has 0 aromatic heterocycles. The van der Waals surface area contributed by atoms with E-state index in [4.69, 9.17) is 5.73 Å². The number of benzene rings is 1. The molecule has 0 bridgehead atoms. The van der Waals surface area contributed by atoms with Crippen LogP contribution in [0.1, 0.15) is 37.3 Å². The van der Waals surface area contributed by atoms with Crippen LogP contribution in [0.15, 0.2) is 17.0 Å². The Bertz CT molecular complexity index is 588. The molecule has 0 spiro atoms. The fraction of sp³-hybridized carbons (Fsp3) is 0.600. The number of anilines is 1. The highest BCUT2D eigenvalue weighted by molar-refractivity contribution is 7.89. The van der Waals surface area contributed by atoms with Crippen molar-refractivity contribution in [3.8, 4) is 0 Å². The minimum atomic E-state index is -3.42. The lowest BCUT2D eigenvalue weighted by molar-refractivity contribution is 0.269. The smallest absolute Gasteiger partial charge is 0.243 e. The van der Waals surface area contributed by atoms with Crippen LogP contribution >= 0.6 is 0 Å². The van der Waals surface area contributed by atoms with E-state index >= 15 is 0 Å². The summed E-state index contributed by atoms with van der Waals surface area (Å²) < 4.78 is 27.3. The summed E-state index contributed by atoms with van der Waals surface area (Å²) in [5.74, 6) is 0.657. The molecular weight excluding hydrogens is 272 g/mol. The Morgan fingerprint density at radius 1 is 1.25 bits per heavy atom. The van der Waals surface area contributed by atoms with Gasteiger partial charge in [-0.05, 0) is 49.8 Å². The van der Waals surface area contributed by atoms with Gasteiger partial charge in [-0.1, -0.05) is 19.4 Å². The van der Waals surface area contributed by atoms with Gasteiger partial charge in [0.15, 0.2) is 0 Å². The molecule has 0 atom stereocenters. The minimum absolute atomic E-state index is 0.396. The molecule has 112 valence electrons. The minimum Gasteiger partial charge on any atom is -0.398 e. The van der Waals surface area contributed by atoms with E-state index in [9.17, 15) is 8.42 Å². The summed E-state index contributed by atoms with van der Waals surface area (Å²) in [5, 5.41) is 0. The van der Waals surface area contributed by atoms with E-state index in [-0.39, 0.29) is 0 Å². The van der Waals surface area contributed by atoms with E-state index in [0.717, 1.165) is 24.8 Å². The Labute approximate surface area is 122 Å². The molecule has 0 saturated carbocycles. The molecule has 2 rings (SSSR count). The number of nitrogens with zero attached hydrogens (tertiary/aromatic N) is 1. The van der Waals surface area contributed by atoms with Crippen LogP contribution < -0.4 is 5.73 Å². The summed E-state index contributed by atoms with van der Waals surface area (Å²) >= 11 is 0. The Morgan fingerprint density at radius 2 is 1.85 bits per heavy atom. The normalized spacial score (nSPS) is 18.4. The van der Waals surface area contributed by atoms with Gasteiger partial charge in [-0.3, -0.25) is 0 Å². The van der Waals surface area contributed by atoms with Gasteiger partial charge < -0.3 is 5.73 Å². The Kier molecular flexibility index (Phi) is 4.39. The van der Waals surface area contributed by atoms with Crippen molar-refractivity contribution in [2.24, 2.45) is 5.92 Å². The Morgan fingerprint density at radius 3 is 2.40 bits per heavy atom. The second-order valence-corrected chi connectivity index (χ2v) is 7.56. The molecule has 1 aliphatic rings. The quantitative estimate of drug-likeness (QED) is 0.872. The van der Waals surface area contributed by atoms with Crippen LogP contribution in [0.4, 0.5) is 5.69 Å². The highest BCUT2D eigenvalue weighted by Crippen LogP contribution is 2.30. The van der Waals surface area contributed by atoms with Crippen LogP contribution in [0, 0.1) is 19.8 Å². The predicted molar refractivity (Wildman–Crippen MR) is 82.1 cm³/mol. The molecule has 0 unspecified atom stereocenters. The second kappa shape index (κ2) is 5.74. The third kappa shape index (κ3) is 2.69. The van der Waals surface area contributed by atoms with Crippen molar-refractivity contribution in [1.29, 1.82) is 0 Å². The lowest BCUT2D eigenvalue weighted by Crippen LogP contribution is -2.38. The average molecular weight is 296 g/mol. The number of piperidine rings is 1. The summed E-state index contributed by atoms with van der Waals surface area (Å²) in [6.07, 6.45) is 3.04. The summed E-state index contributed by atoms with van der Waals surface area (Å²) in [6, 6.07) is 3.56. The van der Waals surface area contributed by atoms with Gasteiger partial charge in [0.25, 0.3) is 0 Å². The second-order valence-electron chi connectivity index (χ2n) is 5.68. The van der Waals surface area contributed by atoms with E-state index in [2.05, 4.69) is 6.92 Å². The van der Waals surface area contributed by atoms with E-state index in [1.54, 1.807) is 23.4 Å². The van der Waals surface area contributed by atoms with Crippen LogP contribution in [0.3, 0.4) is 0 Å². The lowest BCUT2D eigenvalue weighted by Gasteiger charge is -2.31. The molecule has 0 aliphatic carbocycles. The van der Waals surface area contributed by atoms with Crippen molar-refractivity contribution in [2.75, 3.05) is 18.8 Å². The standard InChI is InChI=1S/C15H24N2O2S/c1-4-13-7-9-17(10-8-13)20(18,19)15-11(2)5-6-14(16)12(15)3/h5-6,13H,4,7-10,16H2,1-3H3. The van der Waals surface area contributed by atoms with Crippen molar-refractivity contribution in [2.45, 2.75) is 44.9 Å². The van der Waals surface area contributed by atoms with E-state index < -0.39 is 10.0 Å². The first kappa shape index (κ1) is 15.3. The topological polar surface area (TPSA) is 63.4 Å². The maximum absolute atomic E-state index is 12.8. The number of nitrogen functional groups attached to an aromatic ring is 1. The Hall–Kier alpha value is -1.07. The molecule has 4 nitrogen and oxygen atoms in total. The van der Waals surface area contributed by atoms with Crippen LogP contribution in [-0.2, 0) is 10.0 Å². The van der Waals surface area contributed by atoms with Crippen LogP contribution in [-0.4, -0.2) is 25.8 Å². The molecule has 5 heteroatoms.